The Morgan fingerprint density at radius 1 is 0.650 bits per heavy atom. The van der Waals surface area contributed by atoms with Crippen molar-refractivity contribution in [3.63, 3.8) is 0 Å². The zero-order chi connectivity index (χ0) is 15.2. The lowest BCUT2D eigenvalue weighted by Gasteiger charge is -2.20. The van der Waals surface area contributed by atoms with Crippen LogP contribution >= 0.6 is 0 Å². The lowest BCUT2D eigenvalue weighted by atomic mass is 9.85. The summed E-state index contributed by atoms with van der Waals surface area (Å²) in [6, 6.07) is 0. The molecule has 116 valence electrons. The van der Waals surface area contributed by atoms with Gasteiger partial charge in [-0.05, 0) is 42.9 Å². The van der Waals surface area contributed by atoms with E-state index < -0.39 is 0 Å². The Hall–Kier alpha value is -0.660. The van der Waals surface area contributed by atoms with Crippen LogP contribution in [0.1, 0.15) is 91.9 Å². The fourth-order valence-electron chi connectivity index (χ4n) is 3.13. The van der Waals surface area contributed by atoms with Crippen LogP contribution < -0.4 is 0 Å². The lowest BCUT2D eigenvalue weighted by molar-refractivity contribution is -0.120. The molecule has 2 rings (SSSR count). The normalized spacial score (nSPS) is 26.0. The number of Topliss-reactive ketones (excluding diaryl/α,β-unsaturated/α-hetero) is 2. The average Bonchev–Trinajstić information content (AvgIpc) is 2.56. The molecule has 2 aliphatic carbocycles. The molecule has 0 atom stereocenters. The van der Waals surface area contributed by atoms with Crippen molar-refractivity contribution in [1.29, 1.82) is 0 Å². The quantitative estimate of drug-likeness (QED) is 0.579. The number of carbonyl (C=O) groups excluding carboxylic acids is 2. The van der Waals surface area contributed by atoms with Gasteiger partial charge in [0.15, 0.2) is 0 Å². The van der Waals surface area contributed by atoms with Gasteiger partial charge in [0, 0.05) is 25.7 Å². The summed E-state index contributed by atoms with van der Waals surface area (Å²) in [6.07, 6.45) is 10.2. The van der Waals surface area contributed by atoms with E-state index >= 15 is 0 Å². The predicted octanol–water partition coefficient (Wildman–Crippen LogP) is 5.09. The van der Waals surface area contributed by atoms with Gasteiger partial charge < -0.3 is 0 Å². The van der Waals surface area contributed by atoms with Crippen LogP contribution in [0.15, 0.2) is 0 Å². The molecule has 0 heterocycles. The molecule has 0 unspecified atom stereocenters. The van der Waals surface area contributed by atoms with Gasteiger partial charge in [-0.2, -0.15) is 0 Å². The van der Waals surface area contributed by atoms with Gasteiger partial charge in [-0.25, -0.2) is 0 Å². The maximum absolute atomic E-state index is 11.1. The molecule has 2 fully saturated rings. The van der Waals surface area contributed by atoms with Crippen LogP contribution in [0.2, 0.25) is 0 Å². The molecule has 2 saturated carbocycles. The second kappa shape index (κ2) is 7.38. The minimum absolute atomic E-state index is 0.285. The topological polar surface area (TPSA) is 34.1 Å². The summed E-state index contributed by atoms with van der Waals surface area (Å²) in [4.78, 5) is 22.1. The highest BCUT2D eigenvalue weighted by Crippen LogP contribution is 2.32. The molecular weight excluding hydrogens is 248 g/mol. The Balaban J connectivity index is 0.000000200. The number of hydrogen-bond acceptors (Lipinski definition) is 2. The van der Waals surface area contributed by atoms with E-state index in [1.807, 2.05) is 0 Å². The van der Waals surface area contributed by atoms with Gasteiger partial charge in [0.2, 0.25) is 0 Å². The van der Waals surface area contributed by atoms with Crippen molar-refractivity contribution in [1.82, 2.24) is 0 Å². The Morgan fingerprint density at radius 3 is 1.95 bits per heavy atom. The summed E-state index contributed by atoms with van der Waals surface area (Å²) < 4.78 is 0. The molecule has 0 aromatic rings. The summed E-state index contributed by atoms with van der Waals surface area (Å²) in [5.74, 6) is 0.924. The zero-order valence-electron chi connectivity index (χ0n) is 13.9. The van der Waals surface area contributed by atoms with Crippen molar-refractivity contribution < 1.29 is 9.59 Å². The van der Waals surface area contributed by atoms with E-state index in [2.05, 4.69) is 27.7 Å². The lowest BCUT2D eigenvalue weighted by Crippen LogP contribution is -2.13. The van der Waals surface area contributed by atoms with Gasteiger partial charge in [-0.15, -0.1) is 0 Å². The van der Waals surface area contributed by atoms with Crippen LogP contribution in [0.4, 0.5) is 0 Å². The Labute approximate surface area is 124 Å². The van der Waals surface area contributed by atoms with Crippen LogP contribution in [0.25, 0.3) is 0 Å². The van der Waals surface area contributed by atoms with Crippen molar-refractivity contribution in [3.05, 3.63) is 0 Å². The molecule has 0 N–H and O–H groups in total. The summed E-state index contributed by atoms with van der Waals surface area (Å²) in [5, 5.41) is 0. The highest BCUT2D eigenvalue weighted by Gasteiger charge is 2.24. The van der Waals surface area contributed by atoms with E-state index in [-0.39, 0.29) is 5.41 Å². The second-order valence-corrected chi connectivity index (χ2v) is 8.14. The fraction of sp³-hybridized carbons (Fsp3) is 0.889. The van der Waals surface area contributed by atoms with Gasteiger partial charge in [-0.3, -0.25) is 9.59 Å². The molecule has 0 spiro atoms. The molecular formula is C18H32O2. The second-order valence-electron chi connectivity index (χ2n) is 8.14. The van der Waals surface area contributed by atoms with Gasteiger partial charge in [-0.1, -0.05) is 34.1 Å². The number of carbonyl (C=O) groups is 2. The van der Waals surface area contributed by atoms with Crippen LogP contribution in [0.5, 0.6) is 0 Å². The smallest absolute Gasteiger partial charge is 0.133 e. The average molecular weight is 280 g/mol. The summed E-state index contributed by atoms with van der Waals surface area (Å²) in [6.45, 7) is 8.89. The molecule has 0 saturated heterocycles. The van der Waals surface area contributed by atoms with E-state index in [1.54, 1.807) is 0 Å². The molecule has 0 aliphatic heterocycles. The first kappa shape index (κ1) is 17.4. The van der Waals surface area contributed by atoms with Crippen molar-refractivity contribution in [2.75, 3.05) is 0 Å². The molecule has 2 heteroatoms. The summed E-state index contributed by atoms with van der Waals surface area (Å²) in [5.41, 5.74) is 0.708. The van der Waals surface area contributed by atoms with Gasteiger partial charge in [0.25, 0.3) is 0 Å². The molecule has 0 amide bonds. The molecule has 2 aliphatic rings. The maximum atomic E-state index is 11.1. The summed E-state index contributed by atoms with van der Waals surface area (Å²) >= 11 is 0. The minimum atomic E-state index is 0.285. The zero-order valence-corrected chi connectivity index (χ0v) is 13.9. The largest absolute Gasteiger partial charge is 0.300 e. The van der Waals surface area contributed by atoms with Crippen LogP contribution in [-0.4, -0.2) is 11.6 Å². The Morgan fingerprint density at radius 2 is 1.25 bits per heavy atom. The molecule has 0 radical (unpaired) electrons. The number of ketones is 2. The maximum Gasteiger partial charge on any atom is 0.133 e. The number of rotatable bonds is 0. The Bertz CT molecular complexity index is 339. The van der Waals surface area contributed by atoms with E-state index in [0.717, 1.165) is 44.9 Å². The van der Waals surface area contributed by atoms with E-state index in [4.69, 9.17) is 0 Å². The first-order valence-electron chi connectivity index (χ1n) is 8.24. The van der Waals surface area contributed by atoms with Crippen LogP contribution in [0.3, 0.4) is 0 Å². The highest BCUT2D eigenvalue weighted by molar-refractivity contribution is 5.79. The molecule has 20 heavy (non-hydrogen) atoms. The van der Waals surface area contributed by atoms with Gasteiger partial charge >= 0.3 is 0 Å². The summed E-state index contributed by atoms with van der Waals surface area (Å²) in [7, 11) is 0. The van der Waals surface area contributed by atoms with Crippen molar-refractivity contribution in [3.8, 4) is 0 Å². The van der Waals surface area contributed by atoms with Crippen LogP contribution in [0, 0.1) is 10.8 Å². The van der Waals surface area contributed by atoms with Crippen molar-refractivity contribution in [2.45, 2.75) is 91.9 Å². The molecule has 2 nitrogen and oxygen atoms in total. The third-order valence-corrected chi connectivity index (χ3v) is 4.62. The number of hydrogen-bond donors (Lipinski definition) is 0. The van der Waals surface area contributed by atoms with Crippen molar-refractivity contribution >= 4 is 11.6 Å². The predicted molar refractivity (Wildman–Crippen MR) is 83.7 cm³/mol. The standard InChI is InChI=1S/2C9H16O/c1-9(2)6-3-4-8(10)5-7-9;1-9(2)6-4-3-5-8(10)7-9/h2*3-7H2,1-2H3. The van der Waals surface area contributed by atoms with E-state index in [0.29, 0.717) is 17.0 Å². The van der Waals surface area contributed by atoms with Crippen molar-refractivity contribution in [2.24, 2.45) is 10.8 Å². The van der Waals surface area contributed by atoms with Gasteiger partial charge in [0.05, 0.1) is 0 Å². The van der Waals surface area contributed by atoms with Gasteiger partial charge in [0.1, 0.15) is 11.6 Å². The SMILES string of the molecule is CC1(C)CCCC(=O)CC1.CC1(C)CCCCC(=O)C1. The fourth-order valence-corrected chi connectivity index (χ4v) is 3.13. The molecule has 0 aromatic heterocycles. The van der Waals surface area contributed by atoms with E-state index in [1.165, 1.54) is 19.3 Å². The third-order valence-electron chi connectivity index (χ3n) is 4.62. The molecule has 0 bridgehead atoms. The molecule has 0 aromatic carbocycles. The van der Waals surface area contributed by atoms with Crippen LogP contribution in [-0.2, 0) is 9.59 Å². The third kappa shape index (κ3) is 7.21. The highest BCUT2D eigenvalue weighted by atomic mass is 16.1. The first-order chi connectivity index (χ1) is 9.20. The Kier molecular flexibility index (Phi) is 6.42. The minimum Gasteiger partial charge on any atom is -0.300 e. The first-order valence-corrected chi connectivity index (χ1v) is 8.24. The van der Waals surface area contributed by atoms with E-state index in [9.17, 15) is 9.59 Å². The monoisotopic (exact) mass is 280 g/mol.